The molecule has 6 heteroatoms. The maximum absolute atomic E-state index is 13.6. The zero-order valence-electron chi connectivity index (χ0n) is 17.4. The summed E-state index contributed by atoms with van der Waals surface area (Å²) in [5, 5.41) is 0. The first-order valence-electron chi connectivity index (χ1n) is 10.3. The van der Waals surface area contributed by atoms with Crippen molar-refractivity contribution >= 4 is 17.7 Å². The Hall–Kier alpha value is -3.80. The van der Waals surface area contributed by atoms with Gasteiger partial charge in [0.05, 0.1) is 6.61 Å². The van der Waals surface area contributed by atoms with Crippen molar-refractivity contribution in [1.29, 1.82) is 0 Å². The molecule has 0 saturated carbocycles. The number of carbonyl (C=O) groups is 1. The van der Waals surface area contributed by atoms with Crippen LogP contribution in [0.4, 0.5) is 5.69 Å². The van der Waals surface area contributed by atoms with Crippen molar-refractivity contribution in [3.63, 3.8) is 0 Å². The fourth-order valence-corrected chi connectivity index (χ4v) is 3.31. The molecule has 31 heavy (non-hydrogen) atoms. The number of ether oxygens (including phenoxy) is 3. The van der Waals surface area contributed by atoms with Gasteiger partial charge in [-0.2, -0.15) is 0 Å². The van der Waals surface area contributed by atoms with Crippen molar-refractivity contribution in [3.8, 4) is 17.4 Å². The Labute approximate surface area is 181 Å². The van der Waals surface area contributed by atoms with Gasteiger partial charge < -0.3 is 19.1 Å². The lowest BCUT2D eigenvalue weighted by molar-refractivity contribution is 0.0985. The zero-order valence-corrected chi connectivity index (χ0v) is 17.4. The predicted molar refractivity (Wildman–Crippen MR) is 120 cm³/mol. The largest absolute Gasteiger partial charge is 0.486 e. The molecule has 3 aromatic rings. The number of fused-ring (bicyclic) bond motifs is 1. The molecule has 2 heterocycles. The van der Waals surface area contributed by atoms with Crippen LogP contribution in [0.1, 0.15) is 22.8 Å². The van der Waals surface area contributed by atoms with Crippen LogP contribution in [0.5, 0.6) is 17.4 Å². The summed E-state index contributed by atoms with van der Waals surface area (Å²) in [6, 6.07) is 18.9. The SMILES string of the molecule is CCOc1ncccc1C(=O)N(CC=Cc1ccccc1)c1ccc2c(c1)OCCO2. The minimum atomic E-state index is -0.203. The number of benzene rings is 2. The number of amides is 1. The molecule has 0 aliphatic carbocycles. The van der Waals surface area contributed by atoms with Crippen molar-refractivity contribution in [3.05, 3.63) is 84.1 Å². The van der Waals surface area contributed by atoms with Gasteiger partial charge >= 0.3 is 0 Å². The van der Waals surface area contributed by atoms with Gasteiger partial charge in [0, 0.05) is 24.5 Å². The molecule has 0 atom stereocenters. The minimum Gasteiger partial charge on any atom is -0.486 e. The van der Waals surface area contributed by atoms with Gasteiger partial charge in [0.15, 0.2) is 11.5 Å². The molecular weight excluding hydrogens is 392 g/mol. The van der Waals surface area contributed by atoms with E-state index in [1.807, 2.05) is 67.6 Å². The van der Waals surface area contributed by atoms with Crippen molar-refractivity contribution in [2.24, 2.45) is 0 Å². The molecular formula is C25H24N2O4. The Balaban J connectivity index is 1.67. The van der Waals surface area contributed by atoms with Gasteiger partial charge in [0.25, 0.3) is 5.91 Å². The number of hydrogen-bond acceptors (Lipinski definition) is 5. The Bertz CT molecular complexity index is 1070. The predicted octanol–water partition coefficient (Wildman–Crippen LogP) is 4.61. The third-order valence-electron chi connectivity index (χ3n) is 4.76. The standard InChI is InChI=1S/C25H24N2O4/c1-2-29-24-21(11-6-14-26-24)25(28)27(15-7-10-19-8-4-3-5-9-19)20-12-13-22-23(18-20)31-17-16-30-22/h3-14,18H,2,15-17H2,1H3. The molecule has 6 nitrogen and oxygen atoms in total. The Kier molecular flexibility index (Phi) is 6.47. The molecule has 4 rings (SSSR count). The fraction of sp³-hybridized carbons (Fsp3) is 0.200. The molecule has 0 bridgehead atoms. The van der Waals surface area contributed by atoms with E-state index in [0.29, 0.717) is 55.0 Å². The first-order valence-corrected chi connectivity index (χ1v) is 10.3. The molecule has 0 fully saturated rings. The van der Waals surface area contributed by atoms with Gasteiger partial charge in [0.2, 0.25) is 5.88 Å². The van der Waals surface area contributed by atoms with Crippen LogP contribution in [0.25, 0.3) is 6.08 Å². The summed E-state index contributed by atoms with van der Waals surface area (Å²) in [6.07, 6.45) is 5.57. The number of nitrogens with zero attached hydrogens (tertiary/aromatic N) is 2. The van der Waals surface area contributed by atoms with Crippen LogP contribution in [0, 0.1) is 0 Å². The van der Waals surface area contributed by atoms with E-state index < -0.39 is 0 Å². The van der Waals surface area contributed by atoms with Gasteiger partial charge in [-0.1, -0.05) is 42.5 Å². The van der Waals surface area contributed by atoms with Gasteiger partial charge in [-0.05, 0) is 36.8 Å². The molecule has 158 valence electrons. The van der Waals surface area contributed by atoms with E-state index in [2.05, 4.69) is 4.98 Å². The van der Waals surface area contributed by atoms with Crippen molar-refractivity contribution in [2.75, 3.05) is 31.3 Å². The first kappa shape index (κ1) is 20.5. The van der Waals surface area contributed by atoms with Crippen molar-refractivity contribution in [1.82, 2.24) is 4.98 Å². The maximum atomic E-state index is 13.6. The minimum absolute atomic E-state index is 0.203. The molecule has 0 unspecified atom stereocenters. The van der Waals surface area contributed by atoms with Crippen LogP contribution in [0.2, 0.25) is 0 Å². The third-order valence-corrected chi connectivity index (χ3v) is 4.76. The number of hydrogen-bond donors (Lipinski definition) is 0. The highest BCUT2D eigenvalue weighted by Gasteiger charge is 2.23. The molecule has 0 N–H and O–H groups in total. The van der Waals surface area contributed by atoms with Gasteiger partial charge in [0.1, 0.15) is 18.8 Å². The second-order valence-corrected chi connectivity index (χ2v) is 6.85. The molecule has 1 amide bonds. The van der Waals surface area contributed by atoms with Crippen molar-refractivity contribution < 1.29 is 19.0 Å². The van der Waals surface area contributed by atoms with Gasteiger partial charge in [-0.15, -0.1) is 0 Å². The lowest BCUT2D eigenvalue weighted by Gasteiger charge is -2.25. The molecule has 0 spiro atoms. The summed E-state index contributed by atoms with van der Waals surface area (Å²) in [7, 11) is 0. The van der Waals surface area contributed by atoms with Gasteiger partial charge in [-0.3, -0.25) is 4.79 Å². The summed E-state index contributed by atoms with van der Waals surface area (Å²) < 4.78 is 16.9. The summed E-state index contributed by atoms with van der Waals surface area (Å²) in [6.45, 7) is 3.66. The van der Waals surface area contributed by atoms with E-state index in [-0.39, 0.29) is 5.91 Å². The molecule has 0 radical (unpaired) electrons. The molecule has 1 aliphatic heterocycles. The van der Waals surface area contributed by atoms with Crippen LogP contribution < -0.4 is 19.1 Å². The van der Waals surface area contributed by atoms with Crippen LogP contribution in [-0.4, -0.2) is 37.3 Å². The van der Waals surface area contributed by atoms with Crippen LogP contribution in [0.15, 0.2) is 72.9 Å². The lowest BCUT2D eigenvalue weighted by Crippen LogP contribution is -2.32. The number of rotatable bonds is 7. The average molecular weight is 416 g/mol. The number of anilines is 1. The second-order valence-electron chi connectivity index (χ2n) is 6.85. The summed E-state index contributed by atoms with van der Waals surface area (Å²) in [5.41, 5.74) is 2.18. The summed E-state index contributed by atoms with van der Waals surface area (Å²) in [5.74, 6) is 1.43. The molecule has 0 saturated heterocycles. The average Bonchev–Trinajstić information content (AvgIpc) is 2.82. The highest BCUT2D eigenvalue weighted by molar-refractivity contribution is 6.08. The second kappa shape index (κ2) is 9.80. The molecule has 2 aromatic carbocycles. The van der Waals surface area contributed by atoms with E-state index >= 15 is 0 Å². The summed E-state index contributed by atoms with van der Waals surface area (Å²) in [4.78, 5) is 19.5. The number of pyridine rings is 1. The smallest absolute Gasteiger partial charge is 0.264 e. The summed E-state index contributed by atoms with van der Waals surface area (Å²) >= 11 is 0. The highest BCUT2D eigenvalue weighted by atomic mass is 16.6. The van der Waals surface area contributed by atoms with E-state index in [1.165, 1.54) is 0 Å². The quantitative estimate of drug-likeness (QED) is 0.563. The number of carbonyl (C=O) groups excluding carboxylic acids is 1. The van der Waals surface area contributed by atoms with Crippen LogP contribution >= 0.6 is 0 Å². The van der Waals surface area contributed by atoms with Gasteiger partial charge in [-0.25, -0.2) is 4.98 Å². The zero-order chi connectivity index (χ0) is 21.5. The van der Waals surface area contributed by atoms with Crippen LogP contribution in [0.3, 0.4) is 0 Å². The number of aromatic nitrogens is 1. The first-order chi connectivity index (χ1) is 15.3. The van der Waals surface area contributed by atoms with E-state index in [0.717, 1.165) is 5.56 Å². The van der Waals surface area contributed by atoms with E-state index in [4.69, 9.17) is 14.2 Å². The van der Waals surface area contributed by atoms with Crippen molar-refractivity contribution in [2.45, 2.75) is 6.92 Å². The van der Waals surface area contributed by atoms with E-state index in [1.54, 1.807) is 23.2 Å². The van der Waals surface area contributed by atoms with E-state index in [9.17, 15) is 4.79 Å². The fourth-order valence-electron chi connectivity index (χ4n) is 3.31. The van der Waals surface area contributed by atoms with Crippen LogP contribution in [-0.2, 0) is 0 Å². The molecule has 1 aromatic heterocycles. The normalized spacial score (nSPS) is 12.5. The topological polar surface area (TPSA) is 60.9 Å². The Morgan fingerprint density at radius 2 is 1.87 bits per heavy atom. The lowest BCUT2D eigenvalue weighted by atomic mass is 10.1. The molecule has 1 aliphatic rings. The Morgan fingerprint density at radius 3 is 2.68 bits per heavy atom. The Morgan fingerprint density at radius 1 is 1.06 bits per heavy atom. The monoisotopic (exact) mass is 416 g/mol. The highest BCUT2D eigenvalue weighted by Crippen LogP contribution is 2.35. The maximum Gasteiger partial charge on any atom is 0.264 e. The third kappa shape index (κ3) is 4.86.